The van der Waals surface area contributed by atoms with E-state index in [2.05, 4.69) is 10.6 Å². The van der Waals surface area contributed by atoms with Crippen LogP contribution in [0.3, 0.4) is 0 Å². The van der Waals surface area contributed by atoms with Crippen LogP contribution in [0.2, 0.25) is 0 Å². The summed E-state index contributed by atoms with van der Waals surface area (Å²) in [5, 5.41) is 6.27. The molecule has 3 heterocycles. The lowest BCUT2D eigenvalue weighted by atomic mass is 9.77. The first-order valence-corrected chi connectivity index (χ1v) is 10.8. The Labute approximate surface area is 177 Å². The third kappa shape index (κ3) is 4.82. The van der Waals surface area contributed by atoms with Crippen LogP contribution < -0.4 is 16.3 Å². The normalized spacial score (nSPS) is 20.4. The molecular weight excluding hydrogens is 380 g/mol. The van der Waals surface area contributed by atoms with E-state index in [9.17, 15) is 9.59 Å². The summed E-state index contributed by atoms with van der Waals surface area (Å²) in [6, 6.07) is 11.9. The maximum Gasteiger partial charge on any atom is 0.349 e. The lowest BCUT2D eigenvalue weighted by Gasteiger charge is -2.32. The predicted molar refractivity (Wildman–Crippen MR) is 115 cm³/mol. The second kappa shape index (κ2) is 9.14. The number of carbonyl (C=O) groups excluding carboxylic acids is 1. The Hall–Kier alpha value is -2.44. The number of hydrogen-bond acceptors (Lipinski definition) is 5. The quantitative estimate of drug-likeness (QED) is 0.765. The molecule has 1 aromatic carbocycles. The van der Waals surface area contributed by atoms with Crippen LogP contribution in [0.25, 0.3) is 0 Å². The zero-order valence-electron chi connectivity index (χ0n) is 17.5. The summed E-state index contributed by atoms with van der Waals surface area (Å²) in [7, 11) is 0. The molecule has 1 unspecified atom stereocenters. The van der Waals surface area contributed by atoms with Crippen molar-refractivity contribution in [1.82, 2.24) is 10.6 Å². The molecule has 6 nitrogen and oxygen atoms in total. The first kappa shape index (κ1) is 20.8. The van der Waals surface area contributed by atoms with Crippen molar-refractivity contribution < 1.29 is 13.9 Å². The summed E-state index contributed by atoms with van der Waals surface area (Å²) in [6.07, 6.45) is 4.60. The van der Waals surface area contributed by atoms with Gasteiger partial charge in [-0.2, -0.15) is 0 Å². The molecule has 160 valence electrons. The van der Waals surface area contributed by atoms with Crippen molar-refractivity contribution in [3.05, 3.63) is 69.3 Å². The van der Waals surface area contributed by atoms with Crippen molar-refractivity contribution in [2.24, 2.45) is 5.41 Å². The Morgan fingerprint density at radius 3 is 2.70 bits per heavy atom. The molecule has 4 rings (SSSR count). The van der Waals surface area contributed by atoms with Crippen molar-refractivity contribution in [2.45, 2.75) is 45.1 Å². The summed E-state index contributed by atoms with van der Waals surface area (Å²) in [6.45, 7) is 5.02. The third-order valence-corrected chi connectivity index (χ3v) is 6.37. The molecule has 2 aliphatic rings. The van der Waals surface area contributed by atoms with Gasteiger partial charge in [-0.15, -0.1) is 0 Å². The van der Waals surface area contributed by atoms with E-state index in [-0.39, 0.29) is 23.0 Å². The molecule has 1 amide bonds. The number of ether oxygens (including phenoxy) is 1. The van der Waals surface area contributed by atoms with Gasteiger partial charge in [-0.25, -0.2) is 4.79 Å². The molecule has 2 fully saturated rings. The highest BCUT2D eigenvalue weighted by molar-refractivity contribution is 5.95. The number of hydrogen-bond donors (Lipinski definition) is 2. The van der Waals surface area contributed by atoms with Crippen LogP contribution in [0.4, 0.5) is 0 Å². The van der Waals surface area contributed by atoms with Crippen molar-refractivity contribution in [1.29, 1.82) is 0 Å². The summed E-state index contributed by atoms with van der Waals surface area (Å²) in [5.41, 5.74) is 1.60. The van der Waals surface area contributed by atoms with Gasteiger partial charge >= 0.3 is 5.63 Å². The number of carbonyl (C=O) groups is 1. The number of nitrogens with one attached hydrogen (secondary N) is 2. The van der Waals surface area contributed by atoms with Crippen LogP contribution >= 0.6 is 0 Å². The highest BCUT2D eigenvalue weighted by Gasteiger charge is 2.40. The fourth-order valence-electron chi connectivity index (χ4n) is 4.61. The van der Waals surface area contributed by atoms with Gasteiger partial charge in [0.25, 0.3) is 5.91 Å². The predicted octanol–water partition coefficient (Wildman–Crippen LogP) is 2.62. The smallest absolute Gasteiger partial charge is 0.349 e. The molecule has 2 aromatic rings. The van der Waals surface area contributed by atoms with Crippen molar-refractivity contribution in [3.8, 4) is 0 Å². The summed E-state index contributed by atoms with van der Waals surface area (Å²) in [4.78, 5) is 25.2. The van der Waals surface area contributed by atoms with Crippen LogP contribution in [-0.2, 0) is 17.6 Å². The molecule has 1 aromatic heterocycles. The van der Waals surface area contributed by atoms with Gasteiger partial charge in [-0.05, 0) is 68.3 Å². The van der Waals surface area contributed by atoms with Crippen LogP contribution in [0.1, 0.15) is 46.5 Å². The molecule has 0 saturated carbocycles. The highest BCUT2D eigenvalue weighted by atomic mass is 16.5. The first-order valence-electron chi connectivity index (χ1n) is 10.8. The van der Waals surface area contributed by atoms with E-state index >= 15 is 0 Å². The Bertz CT molecular complexity index is 932. The topological polar surface area (TPSA) is 80.6 Å². The van der Waals surface area contributed by atoms with Crippen LogP contribution in [0, 0.1) is 12.3 Å². The molecule has 1 atom stereocenters. The Kier molecular flexibility index (Phi) is 6.35. The average molecular weight is 411 g/mol. The standard InChI is InChI=1S/C24H30N2O4/c1-17-13-19(8-7-18-5-3-2-4-6-18)30-23(28)21(17)22(27)26-15-20-14-24(16-29-20)9-11-25-12-10-24/h2-6,13,20,25H,7-12,14-16H2,1H3,(H,26,27). The van der Waals surface area contributed by atoms with Gasteiger partial charge in [0.15, 0.2) is 0 Å². The van der Waals surface area contributed by atoms with Gasteiger partial charge < -0.3 is 19.8 Å². The number of piperidine rings is 1. The lowest BCUT2D eigenvalue weighted by molar-refractivity contribution is 0.0779. The molecule has 0 bridgehead atoms. The Morgan fingerprint density at radius 1 is 1.20 bits per heavy atom. The highest BCUT2D eigenvalue weighted by Crippen LogP contribution is 2.40. The number of amides is 1. The monoisotopic (exact) mass is 410 g/mol. The number of benzene rings is 1. The fourth-order valence-corrected chi connectivity index (χ4v) is 4.61. The number of aryl methyl sites for hydroxylation is 3. The minimum atomic E-state index is -0.572. The van der Waals surface area contributed by atoms with Gasteiger partial charge in [0.2, 0.25) is 0 Å². The van der Waals surface area contributed by atoms with E-state index in [1.54, 1.807) is 13.0 Å². The van der Waals surface area contributed by atoms with Crippen molar-refractivity contribution >= 4 is 5.91 Å². The third-order valence-electron chi connectivity index (χ3n) is 6.37. The minimum Gasteiger partial charge on any atom is -0.427 e. The summed E-state index contributed by atoms with van der Waals surface area (Å²) >= 11 is 0. The molecule has 0 aliphatic carbocycles. The van der Waals surface area contributed by atoms with E-state index in [1.807, 2.05) is 30.3 Å². The largest absolute Gasteiger partial charge is 0.427 e. The maximum absolute atomic E-state index is 12.7. The zero-order valence-corrected chi connectivity index (χ0v) is 17.5. The van der Waals surface area contributed by atoms with Gasteiger partial charge in [-0.3, -0.25) is 4.79 Å². The van der Waals surface area contributed by atoms with Gasteiger partial charge in [0.1, 0.15) is 11.3 Å². The van der Waals surface area contributed by atoms with Crippen LogP contribution in [0.15, 0.2) is 45.6 Å². The molecule has 6 heteroatoms. The molecule has 2 saturated heterocycles. The average Bonchev–Trinajstić information content (AvgIpc) is 3.13. The molecule has 30 heavy (non-hydrogen) atoms. The van der Waals surface area contributed by atoms with Crippen LogP contribution in [-0.4, -0.2) is 38.3 Å². The van der Waals surface area contributed by atoms with Gasteiger partial charge in [0, 0.05) is 13.0 Å². The van der Waals surface area contributed by atoms with E-state index in [1.165, 1.54) is 5.56 Å². The zero-order chi connectivity index (χ0) is 21.0. The summed E-state index contributed by atoms with van der Waals surface area (Å²) in [5.74, 6) is 0.218. The molecular formula is C24H30N2O4. The SMILES string of the molecule is Cc1cc(CCc2ccccc2)oc(=O)c1C(=O)NCC1CC2(CCNCC2)CO1. The Balaban J connectivity index is 1.34. The molecule has 0 radical (unpaired) electrons. The van der Waals surface area contributed by atoms with E-state index in [0.717, 1.165) is 45.4 Å². The number of rotatable bonds is 6. The Morgan fingerprint density at radius 2 is 1.97 bits per heavy atom. The van der Waals surface area contributed by atoms with Crippen LogP contribution in [0.5, 0.6) is 0 Å². The maximum atomic E-state index is 12.7. The lowest BCUT2D eigenvalue weighted by Crippen LogP contribution is -2.38. The van der Waals surface area contributed by atoms with Gasteiger partial charge in [-0.1, -0.05) is 30.3 Å². The second-order valence-corrected chi connectivity index (χ2v) is 8.64. The van der Waals surface area contributed by atoms with E-state index in [4.69, 9.17) is 9.15 Å². The van der Waals surface area contributed by atoms with Gasteiger partial charge in [0.05, 0.1) is 12.7 Å². The molecule has 2 aliphatic heterocycles. The van der Waals surface area contributed by atoms with Crippen molar-refractivity contribution in [3.63, 3.8) is 0 Å². The second-order valence-electron chi connectivity index (χ2n) is 8.64. The first-order chi connectivity index (χ1) is 14.5. The van der Waals surface area contributed by atoms with E-state index in [0.29, 0.717) is 24.3 Å². The minimum absolute atomic E-state index is 0.00421. The summed E-state index contributed by atoms with van der Waals surface area (Å²) < 4.78 is 11.4. The molecule has 2 N–H and O–H groups in total. The fraction of sp³-hybridized carbons (Fsp3) is 0.500. The molecule has 1 spiro atoms. The van der Waals surface area contributed by atoms with Crippen molar-refractivity contribution in [2.75, 3.05) is 26.2 Å². The van der Waals surface area contributed by atoms with E-state index < -0.39 is 5.63 Å².